The van der Waals surface area contributed by atoms with Gasteiger partial charge in [0.2, 0.25) is 5.91 Å². The molecule has 0 unspecified atom stereocenters. The molecule has 0 spiro atoms. The van der Waals surface area contributed by atoms with Crippen LogP contribution in [0.2, 0.25) is 0 Å². The van der Waals surface area contributed by atoms with Gasteiger partial charge in [0.05, 0.1) is 6.61 Å². The normalized spacial score (nSPS) is 15.2. The molecule has 132 valence electrons. The maximum atomic E-state index is 13.5. The van der Waals surface area contributed by atoms with Crippen LogP contribution in [0.1, 0.15) is 26.2 Å². The van der Waals surface area contributed by atoms with Gasteiger partial charge in [-0.25, -0.2) is 9.18 Å². The summed E-state index contributed by atoms with van der Waals surface area (Å²) < 4.78 is 18.4. The molecule has 0 aliphatic carbocycles. The van der Waals surface area contributed by atoms with Crippen molar-refractivity contribution in [2.75, 3.05) is 25.4 Å². The Labute approximate surface area is 145 Å². The monoisotopic (exact) mass is 354 g/mol. The fourth-order valence-electron chi connectivity index (χ4n) is 2.54. The van der Waals surface area contributed by atoms with Crippen LogP contribution >= 0.6 is 11.8 Å². The Morgan fingerprint density at radius 3 is 2.71 bits per heavy atom. The van der Waals surface area contributed by atoms with Crippen LogP contribution in [0.15, 0.2) is 29.2 Å². The Hall–Kier alpha value is -1.76. The average molecular weight is 354 g/mol. The molecule has 0 radical (unpaired) electrons. The second-order valence-corrected chi connectivity index (χ2v) is 6.69. The summed E-state index contributed by atoms with van der Waals surface area (Å²) in [6.07, 6.45) is 1.51. The van der Waals surface area contributed by atoms with Crippen LogP contribution in [0, 0.1) is 5.82 Å². The molecule has 0 saturated carbocycles. The molecule has 24 heavy (non-hydrogen) atoms. The third-order valence-corrected chi connectivity index (χ3v) is 4.86. The Bertz CT molecular complexity index is 563. The Kier molecular flexibility index (Phi) is 7.36. The summed E-state index contributed by atoms with van der Waals surface area (Å²) >= 11 is 1.34. The number of nitrogens with one attached hydrogen (secondary N) is 1. The Morgan fingerprint density at radius 2 is 2.04 bits per heavy atom. The minimum atomic E-state index is -0.288. The minimum Gasteiger partial charge on any atom is -0.450 e. The lowest BCUT2D eigenvalue weighted by molar-refractivity contribution is -0.121. The number of thioether (sulfide) groups is 1. The lowest BCUT2D eigenvalue weighted by Crippen LogP contribution is -2.46. The highest BCUT2D eigenvalue weighted by Gasteiger charge is 2.24. The second-order valence-electron chi connectivity index (χ2n) is 5.56. The number of amides is 2. The largest absolute Gasteiger partial charge is 0.450 e. The van der Waals surface area contributed by atoms with Crippen molar-refractivity contribution >= 4 is 23.8 Å². The molecular formula is C17H23FN2O3S. The molecule has 1 aliphatic rings. The Balaban J connectivity index is 1.65. The number of rotatable bonds is 6. The average Bonchev–Trinajstić information content (AvgIpc) is 2.57. The zero-order chi connectivity index (χ0) is 17.4. The van der Waals surface area contributed by atoms with E-state index in [0.29, 0.717) is 36.8 Å². The van der Waals surface area contributed by atoms with E-state index >= 15 is 0 Å². The summed E-state index contributed by atoms with van der Waals surface area (Å²) in [6, 6.07) is 6.64. The predicted molar refractivity (Wildman–Crippen MR) is 91.5 cm³/mol. The number of benzene rings is 1. The number of carbonyl (C=O) groups excluding carboxylic acids is 2. The number of hydrogen-bond acceptors (Lipinski definition) is 4. The van der Waals surface area contributed by atoms with Gasteiger partial charge in [-0.3, -0.25) is 4.79 Å². The molecule has 1 aliphatic heterocycles. The molecule has 1 saturated heterocycles. The predicted octanol–water partition coefficient (Wildman–Crippen LogP) is 3.05. The van der Waals surface area contributed by atoms with Crippen molar-refractivity contribution in [3.63, 3.8) is 0 Å². The maximum Gasteiger partial charge on any atom is 0.409 e. The number of likely N-dealkylation sites (tertiary alicyclic amines) is 1. The van der Waals surface area contributed by atoms with E-state index in [-0.39, 0.29) is 23.9 Å². The van der Waals surface area contributed by atoms with E-state index < -0.39 is 0 Å². The topological polar surface area (TPSA) is 58.6 Å². The molecule has 1 aromatic rings. The fourth-order valence-corrected chi connectivity index (χ4v) is 3.42. The van der Waals surface area contributed by atoms with E-state index in [1.54, 1.807) is 30.0 Å². The van der Waals surface area contributed by atoms with Crippen LogP contribution in [-0.2, 0) is 9.53 Å². The van der Waals surface area contributed by atoms with Gasteiger partial charge < -0.3 is 15.0 Å². The molecular weight excluding hydrogens is 331 g/mol. The van der Waals surface area contributed by atoms with Crippen molar-refractivity contribution in [2.45, 2.75) is 37.1 Å². The molecule has 2 amide bonds. The number of carbonyl (C=O) groups is 2. The van der Waals surface area contributed by atoms with Crippen molar-refractivity contribution in [2.24, 2.45) is 0 Å². The molecule has 2 rings (SSSR count). The van der Waals surface area contributed by atoms with Gasteiger partial charge in [0.1, 0.15) is 5.82 Å². The molecule has 0 atom stereocenters. The lowest BCUT2D eigenvalue weighted by atomic mass is 10.1. The molecule has 5 nitrogen and oxygen atoms in total. The molecule has 0 bridgehead atoms. The zero-order valence-electron chi connectivity index (χ0n) is 13.8. The van der Waals surface area contributed by atoms with Crippen molar-refractivity contribution in [1.29, 1.82) is 0 Å². The quantitative estimate of drug-likeness (QED) is 0.798. The van der Waals surface area contributed by atoms with E-state index in [1.165, 1.54) is 17.8 Å². The van der Waals surface area contributed by atoms with Gasteiger partial charge in [-0.2, -0.15) is 0 Å². The summed E-state index contributed by atoms with van der Waals surface area (Å²) in [5.41, 5.74) is 0. The molecule has 1 aromatic carbocycles. The van der Waals surface area contributed by atoms with Gasteiger partial charge in [0.15, 0.2) is 0 Å². The van der Waals surface area contributed by atoms with Crippen molar-refractivity contribution in [3.8, 4) is 0 Å². The van der Waals surface area contributed by atoms with Crippen LogP contribution in [-0.4, -0.2) is 48.4 Å². The van der Waals surface area contributed by atoms with Crippen molar-refractivity contribution in [1.82, 2.24) is 10.2 Å². The van der Waals surface area contributed by atoms with Crippen LogP contribution in [0.3, 0.4) is 0 Å². The first-order valence-electron chi connectivity index (χ1n) is 8.18. The van der Waals surface area contributed by atoms with Crippen molar-refractivity contribution < 1.29 is 18.7 Å². The van der Waals surface area contributed by atoms with Gasteiger partial charge in [-0.05, 0) is 31.9 Å². The Morgan fingerprint density at radius 1 is 1.33 bits per heavy atom. The first-order valence-corrected chi connectivity index (χ1v) is 9.17. The SMILES string of the molecule is CCOC(=O)N1CCC(NC(=O)CCSc2ccccc2F)CC1. The van der Waals surface area contributed by atoms with E-state index in [1.807, 2.05) is 0 Å². The maximum absolute atomic E-state index is 13.5. The first-order chi connectivity index (χ1) is 11.6. The number of hydrogen-bond donors (Lipinski definition) is 1. The van der Waals surface area contributed by atoms with Gasteiger partial charge in [0, 0.05) is 36.2 Å². The summed E-state index contributed by atoms with van der Waals surface area (Å²) in [5.74, 6) is 0.247. The highest BCUT2D eigenvalue weighted by atomic mass is 32.2. The highest BCUT2D eigenvalue weighted by Crippen LogP contribution is 2.21. The van der Waals surface area contributed by atoms with Gasteiger partial charge in [-0.15, -0.1) is 11.8 Å². The molecule has 1 fully saturated rings. The zero-order valence-corrected chi connectivity index (χ0v) is 14.6. The van der Waals surface area contributed by atoms with Crippen molar-refractivity contribution in [3.05, 3.63) is 30.1 Å². The number of ether oxygens (including phenoxy) is 1. The molecule has 0 aromatic heterocycles. The third kappa shape index (κ3) is 5.70. The fraction of sp³-hybridized carbons (Fsp3) is 0.529. The van der Waals surface area contributed by atoms with Gasteiger partial charge >= 0.3 is 6.09 Å². The first kappa shape index (κ1) is 18.6. The lowest BCUT2D eigenvalue weighted by Gasteiger charge is -2.31. The van der Waals surface area contributed by atoms with Crippen LogP contribution in [0.5, 0.6) is 0 Å². The standard InChI is InChI=1S/C17H23FN2O3S/c1-2-23-17(22)20-10-7-13(8-11-20)19-16(21)9-12-24-15-6-4-3-5-14(15)18/h3-6,13H,2,7-12H2,1H3,(H,19,21). The summed E-state index contributed by atoms with van der Waals surface area (Å²) in [4.78, 5) is 25.8. The summed E-state index contributed by atoms with van der Waals surface area (Å²) in [5, 5.41) is 2.99. The number of nitrogens with zero attached hydrogens (tertiary/aromatic N) is 1. The van der Waals surface area contributed by atoms with Crippen LogP contribution < -0.4 is 5.32 Å². The smallest absolute Gasteiger partial charge is 0.409 e. The number of halogens is 1. The minimum absolute atomic E-state index is 0.0339. The van der Waals surface area contributed by atoms with Crippen LogP contribution in [0.25, 0.3) is 0 Å². The molecule has 7 heteroatoms. The second kappa shape index (κ2) is 9.52. The highest BCUT2D eigenvalue weighted by molar-refractivity contribution is 7.99. The van der Waals surface area contributed by atoms with E-state index in [9.17, 15) is 14.0 Å². The molecule has 1 heterocycles. The van der Waals surface area contributed by atoms with E-state index in [2.05, 4.69) is 5.32 Å². The van der Waals surface area contributed by atoms with Crippen LogP contribution in [0.4, 0.5) is 9.18 Å². The summed E-state index contributed by atoms with van der Waals surface area (Å²) in [7, 11) is 0. The van der Waals surface area contributed by atoms with Gasteiger partial charge in [0.25, 0.3) is 0 Å². The van der Waals surface area contributed by atoms with E-state index in [4.69, 9.17) is 4.74 Å². The van der Waals surface area contributed by atoms with E-state index in [0.717, 1.165) is 12.8 Å². The molecule has 1 N–H and O–H groups in total. The third-order valence-electron chi connectivity index (χ3n) is 3.81. The number of piperidine rings is 1. The summed E-state index contributed by atoms with van der Waals surface area (Å²) in [6.45, 7) is 3.33. The van der Waals surface area contributed by atoms with Gasteiger partial charge in [-0.1, -0.05) is 12.1 Å².